The Morgan fingerprint density at radius 2 is 2.00 bits per heavy atom. The van der Waals surface area contributed by atoms with Gasteiger partial charge in [0.15, 0.2) is 0 Å². The molecule has 0 aliphatic carbocycles. The van der Waals surface area contributed by atoms with E-state index >= 15 is 0 Å². The van der Waals surface area contributed by atoms with Gasteiger partial charge in [-0.15, -0.1) is 23.2 Å². The monoisotopic (exact) mass is 210 g/mol. The number of ketones is 1. The second-order valence-electron chi connectivity index (χ2n) is 3.05. The van der Waals surface area contributed by atoms with Crippen molar-refractivity contribution in [3.8, 4) is 0 Å². The van der Waals surface area contributed by atoms with Crippen molar-refractivity contribution in [1.29, 1.82) is 0 Å². The summed E-state index contributed by atoms with van der Waals surface area (Å²) < 4.78 is 0. The molecule has 0 amide bonds. The number of carbonyl (C=O) groups excluding carboxylic acids is 1. The molecule has 0 aromatic carbocycles. The Morgan fingerprint density at radius 3 is 2.42 bits per heavy atom. The first-order valence-electron chi connectivity index (χ1n) is 4.36. The second kappa shape index (κ2) is 6.73. The number of alkyl halides is 2. The number of halogens is 2. The first-order valence-corrected chi connectivity index (χ1v) is 5.23. The molecule has 3 heteroatoms. The maximum atomic E-state index is 10.8. The lowest BCUT2D eigenvalue weighted by Crippen LogP contribution is -2.15. The first kappa shape index (κ1) is 12.2. The summed E-state index contributed by atoms with van der Waals surface area (Å²) in [5, 5.41) is -0.347. The van der Waals surface area contributed by atoms with Gasteiger partial charge in [0, 0.05) is 5.38 Å². The third-order valence-electron chi connectivity index (χ3n) is 1.77. The summed E-state index contributed by atoms with van der Waals surface area (Å²) in [6.07, 6.45) is 3.79. The Balaban J connectivity index is 3.53. The standard InChI is InChI=1S/C9H16Cl2O/c1-3-4-5-8(10)6-9(11)7(2)12/h8-9H,3-6H2,1-2H3. The van der Waals surface area contributed by atoms with Crippen molar-refractivity contribution in [1.82, 2.24) is 0 Å². The minimum atomic E-state index is -0.399. The van der Waals surface area contributed by atoms with E-state index in [1.54, 1.807) is 0 Å². The fourth-order valence-electron chi connectivity index (χ4n) is 0.934. The minimum Gasteiger partial charge on any atom is -0.298 e. The van der Waals surface area contributed by atoms with Crippen molar-refractivity contribution in [2.75, 3.05) is 0 Å². The highest BCUT2D eigenvalue weighted by Gasteiger charge is 2.15. The van der Waals surface area contributed by atoms with Gasteiger partial charge in [-0.3, -0.25) is 4.79 Å². The van der Waals surface area contributed by atoms with E-state index in [0.29, 0.717) is 6.42 Å². The highest BCUT2D eigenvalue weighted by Crippen LogP contribution is 2.17. The van der Waals surface area contributed by atoms with Crippen LogP contribution in [0.15, 0.2) is 0 Å². The maximum Gasteiger partial charge on any atom is 0.147 e. The molecule has 2 atom stereocenters. The number of rotatable bonds is 6. The van der Waals surface area contributed by atoms with Crippen LogP contribution in [0, 0.1) is 0 Å². The van der Waals surface area contributed by atoms with Crippen LogP contribution < -0.4 is 0 Å². The molecule has 2 unspecified atom stereocenters. The minimum absolute atomic E-state index is 0.0128. The van der Waals surface area contributed by atoms with E-state index in [4.69, 9.17) is 23.2 Å². The molecule has 0 saturated carbocycles. The summed E-state index contributed by atoms with van der Waals surface area (Å²) in [5.41, 5.74) is 0. The van der Waals surface area contributed by atoms with Gasteiger partial charge in [0.05, 0.1) is 5.38 Å². The fourth-order valence-corrected chi connectivity index (χ4v) is 1.57. The van der Waals surface area contributed by atoms with E-state index in [1.165, 1.54) is 6.92 Å². The van der Waals surface area contributed by atoms with Crippen LogP contribution in [0.25, 0.3) is 0 Å². The molecular formula is C9H16Cl2O. The number of unbranched alkanes of at least 4 members (excludes halogenated alkanes) is 1. The van der Waals surface area contributed by atoms with Gasteiger partial charge in [0.1, 0.15) is 5.78 Å². The molecule has 1 nitrogen and oxygen atoms in total. The van der Waals surface area contributed by atoms with Gasteiger partial charge in [-0.2, -0.15) is 0 Å². The van der Waals surface area contributed by atoms with E-state index in [-0.39, 0.29) is 11.2 Å². The molecule has 0 N–H and O–H groups in total. The van der Waals surface area contributed by atoms with Crippen LogP contribution in [-0.4, -0.2) is 16.5 Å². The van der Waals surface area contributed by atoms with Gasteiger partial charge in [0.2, 0.25) is 0 Å². The van der Waals surface area contributed by atoms with Crippen LogP contribution >= 0.6 is 23.2 Å². The number of carbonyl (C=O) groups is 1. The highest BCUT2D eigenvalue weighted by molar-refractivity contribution is 6.31. The lowest BCUT2D eigenvalue weighted by Gasteiger charge is -2.10. The van der Waals surface area contributed by atoms with Crippen molar-refractivity contribution < 1.29 is 4.79 Å². The molecule has 0 radical (unpaired) electrons. The predicted molar refractivity (Wildman–Crippen MR) is 54.1 cm³/mol. The van der Waals surface area contributed by atoms with Crippen LogP contribution in [0.3, 0.4) is 0 Å². The summed E-state index contributed by atoms with van der Waals surface area (Å²) in [4.78, 5) is 10.8. The SMILES string of the molecule is CCCCC(Cl)CC(Cl)C(C)=O. The summed E-state index contributed by atoms with van der Waals surface area (Å²) in [6, 6.07) is 0. The second-order valence-corrected chi connectivity index (χ2v) is 4.20. The van der Waals surface area contributed by atoms with E-state index in [1.807, 2.05) is 0 Å². The van der Waals surface area contributed by atoms with Gasteiger partial charge in [-0.25, -0.2) is 0 Å². The topological polar surface area (TPSA) is 17.1 Å². The zero-order chi connectivity index (χ0) is 9.56. The summed E-state index contributed by atoms with van der Waals surface area (Å²) in [7, 11) is 0. The van der Waals surface area contributed by atoms with Crippen LogP contribution in [0.5, 0.6) is 0 Å². The van der Waals surface area contributed by atoms with E-state index in [0.717, 1.165) is 19.3 Å². The molecule has 0 spiro atoms. The van der Waals surface area contributed by atoms with Crippen molar-refractivity contribution in [3.63, 3.8) is 0 Å². The zero-order valence-corrected chi connectivity index (χ0v) is 9.16. The first-order chi connectivity index (χ1) is 5.57. The van der Waals surface area contributed by atoms with Crippen LogP contribution in [0.2, 0.25) is 0 Å². The van der Waals surface area contributed by atoms with Crippen LogP contribution in [-0.2, 0) is 4.79 Å². The smallest absolute Gasteiger partial charge is 0.147 e. The maximum absolute atomic E-state index is 10.8. The Hall–Kier alpha value is 0.250. The fraction of sp³-hybridized carbons (Fsp3) is 0.889. The van der Waals surface area contributed by atoms with Gasteiger partial charge < -0.3 is 0 Å². The average molecular weight is 211 g/mol. The Bertz CT molecular complexity index is 136. The van der Waals surface area contributed by atoms with Crippen LogP contribution in [0.1, 0.15) is 39.5 Å². The van der Waals surface area contributed by atoms with Gasteiger partial charge >= 0.3 is 0 Å². The molecule has 12 heavy (non-hydrogen) atoms. The average Bonchev–Trinajstić information content (AvgIpc) is 2.00. The lowest BCUT2D eigenvalue weighted by atomic mass is 10.1. The molecule has 0 bridgehead atoms. The molecule has 72 valence electrons. The summed E-state index contributed by atoms with van der Waals surface area (Å²) >= 11 is 11.7. The normalized spacial score (nSPS) is 15.7. The summed E-state index contributed by atoms with van der Waals surface area (Å²) in [5.74, 6) is 0.0128. The van der Waals surface area contributed by atoms with Crippen LogP contribution in [0.4, 0.5) is 0 Å². The van der Waals surface area contributed by atoms with E-state index in [9.17, 15) is 4.79 Å². The quantitative estimate of drug-likeness (QED) is 0.615. The third-order valence-corrected chi connectivity index (χ3v) is 2.66. The molecule has 0 aliphatic rings. The van der Waals surface area contributed by atoms with Crippen molar-refractivity contribution >= 4 is 29.0 Å². The zero-order valence-electron chi connectivity index (χ0n) is 7.65. The molecular weight excluding hydrogens is 195 g/mol. The third kappa shape index (κ3) is 5.84. The van der Waals surface area contributed by atoms with Gasteiger partial charge in [0.25, 0.3) is 0 Å². The van der Waals surface area contributed by atoms with E-state index in [2.05, 4.69) is 6.92 Å². The van der Waals surface area contributed by atoms with E-state index < -0.39 is 5.38 Å². The largest absolute Gasteiger partial charge is 0.298 e. The Morgan fingerprint density at radius 1 is 1.42 bits per heavy atom. The van der Waals surface area contributed by atoms with Crippen molar-refractivity contribution in [2.24, 2.45) is 0 Å². The lowest BCUT2D eigenvalue weighted by molar-refractivity contribution is -0.116. The van der Waals surface area contributed by atoms with Crippen molar-refractivity contribution in [3.05, 3.63) is 0 Å². The van der Waals surface area contributed by atoms with Crippen molar-refractivity contribution in [2.45, 2.75) is 50.3 Å². The number of hydrogen-bond donors (Lipinski definition) is 0. The molecule has 0 aromatic heterocycles. The Labute approximate surface area is 84.4 Å². The molecule has 0 heterocycles. The number of Topliss-reactive ketones (excluding diaryl/α,β-unsaturated/α-hetero) is 1. The Kier molecular flexibility index (Phi) is 6.87. The van der Waals surface area contributed by atoms with Gasteiger partial charge in [-0.1, -0.05) is 19.8 Å². The predicted octanol–water partition coefficient (Wildman–Crippen LogP) is 3.37. The summed E-state index contributed by atoms with van der Waals surface area (Å²) in [6.45, 7) is 3.62. The molecule has 0 saturated heterocycles. The molecule has 0 rings (SSSR count). The highest BCUT2D eigenvalue weighted by atomic mass is 35.5. The van der Waals surface area contributed by atoms with Gasteiger partial charge in [-0.05, 0) is 19.8 Å². The molecule has 0 aromatic rings. The molecule has 0 aliphatic heterocycles. The molecule has 0 fully saturated rings. The number of hydrogen-bond acceptors (Lipinski definition) is 1.